The molecule has 1 aromatic carbocycles. The third-order valence-corrected chi connectivity index (χ3v) is 4.69. The van der Waals surface area contributed by atoms with Gasteiger partial charge in [0.25, 0.3) is 0 Å². The molecule has 0 bridgehead atoms. The van der Waals surface area contributed by atoms with E-state index in [1.54, 1.807) is 11.3 Å². The zero-order chi connectivity index (χ0) is 15.5. The Labute approximate surface area is 132 Å². The maximum atomic E-state index is 4.85. The van der Waals surface area contributed by atoms with Gasteiger partial charge in [-0.1, -0.05) is 45.0 Å². The molecule has 2 aromatic rings. The van der Waals surface area contributed by atoms with E-state index in [0.717, 1.165) is 13.0 Å². The highest BCUT2D eigenvalue weighted by Crippen LogP contribution is 2.28. The largest absolute Gasteiger partial charge is 0.319 e. The van der Waals surface area contributed by atoms with Crippen molar-refractivity contribution in [2.24, 2.45) is 0 Å². The van der Waals surface area contributed by atoms with Gasteiger partial charge in [-0.05, 0) is 25.1 Å². The molecule has 0 aliphatic heterocycles. The molecule has 1 aromatic heterocycles. The lowest BCUT2D eigenvalue weighted by atomic mass is 9.91. The number of aromatic nitrogens is 1. The molecule has 1 heterocycles. The molecule has 0 aliphatic carbocycles. The molecular formula is C18H26N2S. The SMILES string of the molecule is CNCC(Cc1nc(C(C)(C)C)cs1)c1ccccc1C. The summed E-state index contributed by atoms with van der Waals surface area (Å²) in [7, 11) is 2.02. The number of rotatable bonds is 5. The molecule has 114 valence electrons. The topological polar surface area (TPSA) is 24.9 Å². The van der Waals surface area contributed by atoms with Crippen LogP contribution in [0, 0.1) is 6.92 Å². The lowest BCUT2D eigenvalue weighted by Crippen LogP contribution is -2.20. The minimum Gasteiger partial charge on any atom is -0.319 e. The third-order valence-electron chi connectivity index (χ3n) is 3.82. The van der Waals surface area contributed by atoms with Crippen LogP contribution in [0.5, 0.6) is 0 Å². The highest BCUT2D eigenvalue weighted by atomic mass is 32.1. The van der Waals surface area contributed by atoms with E-state index in [9.17, 15) is 0 Å². The summed E-state index contributed by atoms with van der Waals surface area (Å²) in [6.45, 7) is 9.84. The predicted molar refractivity (Wildman–Crippen MR) is 92.4 cm³/mol. The maximum Gasteiger partial charge on any atom is 0.0935 e. The van der Waals surface area contributed by atoms with Crippen molar-refractivity contribution in [3.63, 3.8) is 0 Å². The normalized spacial score (nSPS) is 13.4. The van der Waals surface area contributed by atoms with Crippen LogP contribution in [0.1, 0.15) is 48.5 Å². The summed E-state index contributed by atoms with van der Waals surface area (Å²) in [5, 5.41) is 6.78. The summed E-state index contributed by atoms with van der Waals surface area (Å²) in [6, 6.07) is 8.68. The van der Waals surface area contributed by atoms with Gasteiger partial charge in [0.1, 0.15) is 0 Å². The van der Waals surface area contributed by atoms with Gasteiger partial charge in [-0.2, -0.15) is 0 Å². The van der Waals surface area contributed by atoms with Gasteiger partial charge in [0.05, 0.1) is 10.7 Å². The number of hydrogen-bond acceptors (Lipinski definition) is 3. The van der Waals surface area contributed by atoms with Crippen molar-refractivity contribution in [1.82, 2.24) is 10.3 Å². The van der Waals surface area contributed by atoms with Crippen LogP contribution in [0.4, 0.5) is 0 Å². The van der Waals surface area contributed by atoms with Crippen molar-refractivity contribution in [3.8, 4) is 0 Å². The van der Waals surface area contributed by atoms with Gasteiger partial charge in [0.15, 0.2) is 0 Å². The van der Waals surface area contributed by atoms with E-state index >= 15 is 0 Å². The van der Waals surface area contributed by atoms with E-state index < -0.39 is 0 Å². The number of benzene rings is 1. The number of likely N-dealkylation sites (N-methyl/N-ethyl adjacent to an activating group) is 1. The van der Waals surface area contributed by atoms with Crippen molar-refractivity contribution in [2.45, 2.75) is 45.4 Å². The first kappa shape index (κ1) is 16.2. The zero-order valence-corrected chi connectivity index (χ0v) is 14.6. The molecule has 1 unspecified atom stereocenters. The average molecular weight is 302 g/mol. The molecule has 2 rings (SSSR count). The van der Waals surface area contributed by atoms with Crippen LogP contribution in [0.3, 0.4) is 0 Å². The molecular weight excluding hydrogens is 276 g/mol. The van der Waals surface area contributed by atoms with Gasteiger partial charge >= 0.3 is 0 Å². The van der Waals surface area contributed by atoms with Crippen molar-refractivity contribution in [1.29, 1.82) is 0 Å². The first-order valence-corrected chi connectivity index (χ1v) is 8.44. The monoisotopic (exact) mass is 302 g/mol. The third kappa shape index (κ3) is 4.14. The van der Waals surface area contributed by atoms with Crippen LogP contribution in [0.25, 0.3) is 0 Å². The van der Waals surface area contributed by atoms with Crippen molar-refractivity contribution in [3.05, 3.63) is 51.5 Å². The minimum absolute atomic E-state index is 0.135. The minimum atomic E-state index is 0.135. The first-order chi connectivity index (χ1) is 9.91. The maximum absolute atomic E-state index is 4.85. The Bertz CT molecular complexity index is 581. The molecule has 3 heteroatoms. The second-order valence-corrected chi connectivity index (χ2v) is 7.63. The Hall–Kier alpha value is -1.19. The molecule has 0 fully saturated rings. The zero-order valence-electron chi connectivity index (χ0n) is 13.7. The number of nitrogens with zero attached hydrogens (tertiary/aromatic N) is 1. The van der Waals surface area contributed by atoms with Gasteiger partial charge in [-0.15, -0.1) is 11.3 Å². The Morgan fingerprint density at radius 3 is 2.52 bits per heavy atom. The standard InChI is InChI=1S/C18H26N2S/c1-13-8-6-7-9-15(13)14(11-19-5)10-17-20-16(12-21-17)18(2,3)4/h6-9,12,14,19H,10-11H2,1-5H3. The lowest BCUT2D eigenvalue weighted by molar-refractivity contribution is 0.566. The number of thiazole rings is 1. The summed E-state index contributed by atoms with van der Waals surface area (Å²) < 4.78 is 0. The summed E-state index contributed by atoms with van der Waals surface area (Å²) in [5.41, 5.74) is 4.14. The molecule has 0 spiro atoms. The second kappa shape index (κ2) is 6.71. The van der Waals surface area contributed by atoms with Crippen LogP contribution in [-0.4, -0.2) is 18.6 Å². The predicted octanol–water partition coefficient (Wildman–Crippen LogP) is 4.29. The van der Waals surface area contributed by atoms with E-state index in [2.05, 4.69) is 62.7 Å². The molecule has 21 heavy (non-hydrogen) atoms. The van der Waals surface area contributed by atoms with Gasteiger partial charge in [0, 0.05) is 29.7 Å². The molecule has 0 amide bonds. The van der Waals surface area contributed by atoms with E-state index in [1.165, 1.54) is 21.8 Å². The van der Waals surface area contributed by atoms with Crippen LogP contribution in [0.15, 0.2) is 29.6 Å². The summed E-state index contributed by atoms with van der Waals surface area (Å²) in [6.07, 6.45) is 1.01. The van der Waals surface area contributed by atoms with Crippen molar-refractivity contribution >= 4 is 11.3 Å². The van der Waals surface area contributed by atoms with Crippen LogP contribution in [0.2, 0.25) is 0 Å². The second-order valence-electron chi connectivity index (χ2n) is 6.69. The van der Waals surface area contributed by atoms with Gasteiger partial charge < -0.3 is 5.32 Å². The molecule has 0 saturated carbocycles. The van der Waals surface area contributed by atoms with Crippen LogP contribution >= 0.6 is 11.3 Å². The molecule has 0 aliphatic rings. The highest BCUT2D eigenvalue weighted by molar-refractivity contribution is 7.09. The van der Waals surface area contributed by atoms with Crippen molar-refractivity contribution in [2.75, 3.05) is 13.6 Å². The molecule has 1 atom stereocenters. The van der Waals surface area contributed by atoms with Crippen molar-refractivity contribution < 1.29 is 0 Å². The highest BCUT2D eigenvalue weighted by Gasteiger charge is 2.20. The molecule has 0 radical (unpaired) electrons. The first-order valence-electron chi connectivity index (χ1n) is 7.57. The van der Waals surface area contributed by atoms with E-state index in [1.807, 2.05) is 7.05 Å². The van der Waals surface area contributed by atoms with Crippen LogP contribution < -0.4 is 5.32 Å². The fraction of sp³-hybridized carbons (Fsp3) is 0.500. The summed E-state index contributed by atoms with van der Waals surface area (Å²) in [5.74, 6) is 0.482. The van der Waals surface area contributed by atoms with Gasteiger partial charge in [-0.3, -0.25) is 0 Å². The fourth-order valence-electron chi connectivity index (χ4n) is 2.54. The number of hydrogen-bond donors (Lipinski definition) is 1. The summed E-state index contributed by atoms with van der Waals surface area (Å²) >= 11 is 1.79. The fourth-order valence-corrected chi connectivity index (χ4v) is 3.65. The lowest BCUT2D eigenvalue weighted by Gasteiger charge is -2.18. The summed E-state index contributed by atoms with van der Waals surface area (Å²) in [4.78, 5) is 4.85. The van der Waals surface area contributed by atoms with E-state index in [-0.39, 0.29) is 5.41 Å². The Morgan fingerprint density at radius 1 is 1.24 bits per heavy atom. The van der Waals surface area contributed by atoms with Gasteiger partial charge in [0.2, 0.25) is 0 Å². The Kier molecular flexibility index (Phi) is 5.17. The van der Waals surface area contributed by atoms with E-state index in [0.29, 0.717) is 5.92 Å². The quantitative estimate of drug-likeness (QED) is 0.891. The average Bonchev–Trinajstić information content (AvgIpc) is 2.87. The number of aryl methyl sites for hydroxylation is 1. The molecule has 1 N–H and O–H groups in total. The van der Waals surface area contributed by atoms with Gasteiger partial charge in [-0.25, -0.2) is 4.98 Å². The molecule has 0 saturated heterocycles. The smallest absolute Gasteiger partial charge is 0.0935 e. The Morgan fingerprint density at radius 2 is 1.95 bits per heavy atom. The number of nitrogens with one attached hydrogen (secondary N) is 1. The molecule has 2 nitrogen and oxygen atoms in total. The van der Waals surface area contributed by atoms with E-state index in [4.69, 9.17) is 4.98 Å². The van der Waals surface area contributed by atoms with Crippen LogP contribution in [-0.2, 0) is 11.8 Å². The Balaban J connectivity index is 2.21.